The van der Waals surface area contributed by atoms with Gasteiger partial charge in [0.15, 0.2) is 16.7 Å². The van der Waals surface area contributed by atoms with Crippen molar-refractivity contribution in [3.8, 4) is 11.4 Å². The van der Waals surface area contributed by atoms with E-state index in [-0.39, 0.29) is 18.2 Å². The second kappa shape index (κ2) is 8.16. The van der Waals surface area contributed by atoms with Crippen LogP contribution in [0.2, 0.25) is 5.15 Å². The van der Waals surface area contributed by atoms with Crippen LogP contribution in [-0.4, -0.2) is 27.0 Å². The van der Waals surface area contributed by atoms with Gasteiger partial charge in [0.1, 0.15) is 12.4 Å². The second-order valence-corrected chi connectivity index (χ2v) is 7.12. The van der Waals surface area contributed by atoms with Crippen LogP contribution >= 0.6 is 11.6 Å². The number of allylic oxidation sites excluding steroid dienone is 1. The van der Waals surface area contributed by atoms with Gasteiger partial charge in [0, 0.05) is 30.3 Å². The molecule has 30 heavy (non-hydrogen) atoms. The number of nitrogens with zero attached hydrogens (tertiary/aromatic N) is 4. The lowest BCUT2D eigenvalue weighted by Crippen LogP contribution is -2.16. The average Bonchev–Trinajstić information content (AvgIpc) is 3.09. The molecule has 4 N–H and O–H groups in total. The number of fused-ring (bicyclic) bond motifs is 5. The van der Waals surface area contributed by atoms with Crippen LogP contribution in [0, 0.1) is 5.82 Å². The molecule has 1 aliphatic heterocycles. The maximum absolute atomic E-state index is 14.0. The van der Waals surface area contributed by atoms with E-state index in [0.29, 0.717) is 40.8 Å². The zero-order valence-electron chi connectivity index (χ0n) is 16.3. The Morgan fingerprint density at radius 3 is 2.93 bits per heavy atom. The van der Waals surface area contributed by atoms with Gasteiger partial charge in [-0.05, 0) is 49.0 Å². The molecule has 1 aromatic carbocycles. The molecular weight excluding hydrogens is 407 g/mol. The highest BCUT2D eigenvalue weighted by Gasteiger charge is 2.20. The van der Waals surface area contributed by atoms with Crippen LogP contribution in [0.3, 0.4) is 0 Å². The molecule has 2 bridgehead atoms. The number of pyridine rings is 1. The molecule has 0 amide bonds. The largest absolute Gasteiger partial charge is 0.485 e. The van der Waals surface area contributed by atoms with Gasteiger partial charge < -0.3 is 16.2 Å². The van der Waals surface area contributed by atoms with Gasteiger partial charge in [-0.15, -0.1) is 0 Å². The van der Waals surface area contributed by atoms with E-state index in [0.717, 1.165) is 16.8 Å². The Morgan fingerprint density at radius 2 is 2.17 bits per heavy atom. The van der Waals surface area contributed by atoms with Crippen molar-refractivity contribution in [3.63, 3.8) is 0 Å². The molecule has 3 aromatic rings. The fraction of sp³-hybridized carbons (Fsp3) is 0.190. The summed E-state index contributed by atoms with van der Waals surface area (Å²) in [6, 6.07) is 7.92. The number of aliphatic imine (C=N–C) groups is 1. The predicted molar refractivity (Wildman–Crippen MR) is 115 cm³/mol. The van der Waals surface area contributed by atoms with E-state index in [2.05, 4.69) is 15.1 Å². The van der Waals surface area contributed by atoms with Gasteiger partial charge in [0.2, 0.25) is 0 Å². The van der Waals surface area contributed by atoms with Crippen LogP contribution in [0.5, 0.6) is 5.75 Å². The molecule has 0 saturated carbocycles. The first kappa shape index (κ1) is 19.9. The zero-order chi connectivity index (χ0) is 21.3. The molecule has 0 saturated heterocycles. The molecule has 0 unspecified atom stereocenters. The Hall–Kier alpha value is -3.39. The Labute approximate surface area is 177 Å². The van der Waals surface area contributed by atoms with Gasteiger partial charge in [0.25, 0.3) is 0 Å². The number of halogens is 2. The number of hydrogen-bond donors (Lipinski definition) is 2. The van der Waals surface area contributed by atoms with Gasteiger partial charge in [-0.3, -0.25) is 4.99 Å². The Kier molecular flexibility index (Phi) is 5.41. The first-order chi connectivity index (χ1) is 14.5. The summed E-state index contributed by atoms with van der Waals surface area (Å²) in [7, 11) is 0. The molecule has 7 nitrogen and oxygen atoms in total. The van der Waals surface area contributed by atoms with E-state index >= 15 is 0 Å². The Balaban J connectivity index is 1.96. The standard InChI is InChI=1S/C21H20ClFN6O/c1-2-26-20-12(9-24)6-16-8-19(22)28-29(16)17-4-3-15(23)5-14(17)11-30-18-7-13(20)10-27-21(18)25/h3-5,7-10H,2,6,11,24H2,1H3,(H2,25,27). The normalized spacial score (nSPS) is 16.4. The van der Waals surface area contributed by atoms with Crippen molar-refractivity contribution in [1.82, 2.24) is 14.8 Å². The molecule has 0 fully saturated rings. The second-order valence-electron chi connectivity index (χ2n) is 6.73. The predicted octanol–water partition coefficient (Wildman–Crippen LogP) is 3.43. The third kappa shape index (κ3) is 3.73. The third-order valence-corrected chi connectivity index (χ3v) is 4.94. The van der Waals surface area contributed by atoms with Gasteiger partial charge in [-0.1, -0.05) is 11.6 Å². The molecule has 0 aliphatic carbocycles. The smallest absolute Gasteiger partial charge is 0.166 e. The summed E-state index contributed by atoms with van der Waals surface area (Å²) in [5, 5.41) is 4.71. The van der Waals surface area contributed by atoms with Crippen molar-refractivity contribution in [2.75, 3.05) is 12.3 Å². The lowest BCUT2D eigenvalue weighted by atomic mass is 9.99. The van der Waals surface area contributed by atoms with Crippen LogP contribution < -0.4 is 16.2 Å². The number of hydrogen-bond acceptors (Lipinski definition) is 6. The molecule has 0 radical (unpaired) electrons. The molecule has 1 aliphatic rings. The van der Waals surface area contributed by atoms with Gasteiger partial charge >= 0.3 is 0 Å². The molecule has 0 atom stereocenters. The van der Waals surface area contributed by atoms with Crippen molar-refractivity contribution in [2.45, 2.75) is 20.0 Å². The number of benzene rings is 1. The summed E-state index contributed by atoms with van der Waals surface area (Å²) in [5.41, 5.74) is 16.2. The summed E-state index contributed by atoms with van der Waals surface area (Å²) in [5.74, 6) is 0.219. The number of nitrogen functional groups attached to an aromatic ring is 1. The van der Waals surface area contributed by atoms with Crippen LogP contribution in [-0.2, 0) is 13.0 Å². The minimum atomic E-state index is -0.385. The number of anilines is 1. The van der Waals surface area contributed by atoms with Crippen LogP contribution in [0.15, 0.2) is 53.3 Å². The summed E-state index contributed by atoms with van der Waals surface area (Å²) in [6.07, 6.45) is 3.55. The monoisotopic (exact) mass is 426 g/mol. The topological polar surface area (TPSA) is 104 Å². The van der Waals surface area contributed by atoms with Crippen molar-refractivity contribution < 1.29 is 9.13 Å². The molecule has 9 heteroatoms. The first-order valence-corrected chi connectivity index (χ1v) is 9.75. The average molecular weight is 427 g/mol. The number of nitrogens with two attached hydrogens (primary N) is 2. The Morgan fingerprint density at radius 1 is 1.33 bits per heavy atom. The zero-order valence-corrected chi connectivity index (χ0v) is 17.0. The van der Waals surface area contributed by atoms with Gasteiger partial charge in [0.05, 0.1) is 17.1 Å². The van der Waals surface area contributed by atoms with E-state index in [4.69, 9.17) is 27.8 Å². The fourth-order valence-electron chi connectivity index (χ4n) is 3.41. The van der Waals surface area contributed by atoms with E-state index in [1.165, 1.54) is 18.3 Å². The number of aromatic nitrogens is 3. The number of ether oxygens (including phenoxy) is 1. The van der Waals surface area contributed by atoms with E-state index < -0.39 is 0 Å². The van der Waals surface area contributed by atoms with Crippen LogP contribution in [0.25, 0.3) is 5.69 Å². The highest BCUT2D eigenvalue weighted by atomic mass is 35.5. The van der Waals surface area contributed by atoms with Gasteiger partial charge in [-0.25, -0.2) is 14.1 Å². The lowest BCUT2D eigenvalue weighted by Gasteiger charge is -2.18. The van der Waals surface area contributed by atoms with Crippen molar-refractivity contribution >= 4 is 23.1 Å². The van der Waals surface area contributed by atoms with Crippen molar-refractivity contribution in [3.05, 3.63) is 76.1 Å². The number of rotatable bonds is 1. The molecule has 3 heterocycles. The maximum atomic E-state index is 14.0. The fourth-order valence-corrected chi connectivity index (χ4v) is 3.61. The SMILES string of the molecule is CCN=C1C(=CN)Cc2cc(Cl)nn2-c2ccc(F)cc2COc2cc1cnc2N. The highest BCUT2D eigenvalue weighted by molar-refractivity contribution is 6.29. The van der Waals surface area contributed by atoms with Crippen LogP contribution in [0.4, 0.5) is 10.2 Å². The summed E-state index contributed by atoms with van der Waals surface area (Å²) in [4.78, 5) is 8.87. The Bertz CT molecular complexity index is 1170. The van der Waals surface area contributed by atoms with Crippen LogP contribution in [0.1, 0.15) is 23.7 Å². The summed E-state index contributed by atoms with van der Waals surface area (Å²) < 4.78 is 21.6. The summed E-state index contributed by atoms with van der Waals surface area (Å²) >= 11 is 6.22. The maximum Gasteiger partial charge on any atom is 0.166 e. The van der Waals surface area contributed by atoms with Crippen molar-refractivity contribution in [2.24, 2.45) is 10.7 Å². The highest BCUT2D eigenvalue weighted by Crippen LogP contribution is 2.28. The minimum Gasteiger partial charge on any atom is -0.485 e. The molecular formula is C21H20ClFN6O. The quantitative estimate of drug-likeness (QED) is 0.620. The molecule has 4 rings (SSSR count). The third-order valence-electron chi connectivity index (χ3n) is 4.75. The molecule has 154 valence electrons. The molecule has 2 aromatic heterocycles. The van der Waals surface area contributed by atoms with Gasteiger partial charge in [-0.2, -0.15) is 5.10 Å². The molecule has 0 spiro atoms. The minimum absolute atomic E-state index is 0.0686. The van der Waals surface area contributed by atoms with E-state index in [1.54, 1.807) is 29.1 Å². The van der Waals surface area contributed by atoms with E-state index in [9.17, 15) is 4.39 Å². The lowest BCUT2D eigenvalue weighted by molar-refractivity contribution is 0.305. The summed E-state index contributed by atoms with van der Waals surface area (Å²) in [6.45, 7) is 2.56. The first-order valence-electron chi connectivity index (χ1n) is 9.37. The van der Waals surface area contributed by atoms with Crippen molar-refractivity contribution in [1.29, 1.82) is 0 Å². The van der Waals surface area contributed by atoms with E-state index in [1.807, 2.05) is 6.92 Å².